The van der Waals surface area contributed by atoms with Crippen molar-refractivity contribution in [3.05, 3.63) is 29.6 Å². The van der Waals surface area contributed by atoms with E-state index in [4.69, 9.17) is 9.47 Å². The Bertz CT molecular complexity index is 593. The molecule has 7 heteroatoms. The minimum Gasteiger partial charge on any atom is -0.381 e. The molecule has 2 saturated carbocycles. The summed E-state index contributed by atoms with van der Waals surface area (Å²) in [4.78, 5) is 28.6. The number of nitrogens with one attached hydrogen (secondary N) is 2. The summed E-state index contributed by atoms with van der Waals surface area (Å²) in [6.45, 7) is 4.03. The average molecular weight is 389 g/mol. The van der Waals surface area contributed by atoms with Crippen LogP contribution in [0.5, 0.6) is 0 Å². The molecule has 0 aromatic carbocycles. The highest BCUT2D eigenvalue weighted by molar-refractivity contribution is 5.96. The van der Waals surface area contributed by atoms with Crippen molar-refractivity contribution in [2.24, 2.45) is 11.8 Å². The van der Waals surface area contributed by atoms with Crippen molar-refractivity contribution in [2.75, 3.05) is 39.5 Å². The van der Waals surface area contributed by atoms with Crippen molar-refractivity contribution >= 4 is 11.8 Å². The number of aromatic nitrogens is 1. The quantitative estimate of drug-likeness (QED) is 0.476. The number of nitrogens with zero attached hydrogens (tertiary/aromatic N) is 1. The molecular formula is C21H31N3O4. The van der Waals surface area contributed by atoms with Gasteiger partial charge in [-0.05, 0) is 62.5 Å². The van der Waals surface area contributed by atoms with Crippen LogP contribution in [0.4, 0.5) is 0 Å². The van der Waals surface area contributed by atoms with Crippen LogP contribution in [0.3, 0.4) is 0 Å². The van der Waals surface area contributed by atoms with Crippen molar-refractivity contribution in [1.29, 1.82) is 0 Å². The fraction of sp³-hybridized carbons (Fsp3) is 0.667. The summed E-state index contributed by atoms with van der Waals surface area (Å²) in [6.07, 6.45) is 6.64. The van der Waals surface area contributed by atoms with E-state index in [0.29, 0.717) is 26.3 Å². The van der Waals surface area contributed by atoms with E-state index >= 15 is 0 Å². The molecule has 2 fully saturated rings. The van der Waals surface area contributed by atoms with Gasteiger partial charge in [0.15, 0.2) is 0 Å². The van der Waals surface area contributed by atoms with E-state index in [1.807, 2.05) is 0 Å². The first-order valence-corrected chi connectivity index (χ1v) is 10.4. The standard InChI is InChI=1S/C21H31N3O4/c25-20(22-10-2-12-27-14-16-6-7-16)18-4-1-5-19(24-18)21(26)23-11-3-13-28-15-17-8-9-17/h1,4-5,16-17H,2-3,6-15H2,(H,22,25)(H,23,26). The molecule has 2 amide bonds. The van der Waals surface area contributed by atoms with Gasteiger partial charge in [-0.25, -0.2) is 4.98 Å². The summed E-state index contributed by atoms with van der Waals surface area (Å²) in [5, 5.41) is 5.64. The molecule has 0 atom stereocenters. The lowest BCUT2D eigenvalue weighted by Crippen LogP contribution is -2.29. The molecule has 1 aromatic rings. The fourth-order valence-electron chi connectivity index (χ4n) is 2.69. The Morgan fingerprint density at radius 1 is 0.857 bits per heavy atom. The fourth-order valence-corrected chi connectivity index (χ4v) is 2.69. The molecule has 2 aliphatic carbocycles. The third-order valence-corrected chi connectivity index (χ3v) is 4.82. The molecule has 1 heterocycles. The molecule has 0 radical (unpaired) electrons. The van der Waals surface area contributed by atoms with Gasteiger partial charge in [0.1, 0.15) is 11.4 Å². The Kier molecular flexibility index (Phi) is 8.23. The molecule has 0 spiro atoms. The molecule has 0 unspecified atom stereocenters. The van der Waals surface area contributed by atoms with Crippen molar-refractivity contribution < 1.29 is 19.1 Å². The van der Waals surface area contributed by atoms with E-state index in [2.05, 4.69) is 15.6 Å². The van der Waals surface area contributed by atoms with E-state index in [9.17, 15) is 9.59 Å². The number of carbonyl (C=O) groups excluding carboxylic acids is 2. The predicted octanol–water partition coefficient (Wildman–Crippen LogP) is 2.17. The van der Waals surface area contributed by atoms with Crippen LogP contribution < -0.4 is 10.6 Å². The second-order valence-corrected chi connectivity index (χ2v) is 7.66. The average Bonchev–Trinajstić information content (AvgIpc) is 3.62. The lowest BCUT2D eigenvalue weighted by atomic mass is 10.2. The minimum atomic E-state index is -0.273. The van der Waals surface area contributed by atoms with Gasteiger partial charge >= 0.3 is 0 Å². The Morgan fingerprint density at radius 2 is 1.32 bits per heavy atom. The van der Waals surface area contributed by atoms with Crippen LogP contribution in [0.2, 0.25) is 0 Å². The first kappa shape index (κ1) is 20.7. The van der Waals surface area contributed by atoms with Gasteiger partial charge in [0.2, 0.25) is 0 Å². The Labute approximate surface area is 166 Å². The molecule has 1 aromatic heterocycles. The van der Waals surface area contributed by atoms with E-state index in [1.165, 1.54) is 25.7 Å². The van der Waals surface area contributed by atoms with E-state index in [-0.39, 0.29) is 23.2 Å². The lowest BCUT2D eigenvalue weighted by Gasteiger charge is -2.08. The van der Waals surface area contributed by atoms with Crippen LogP contribution in [0, 0.1) is 11.8 Å². The summed E-state index contributed by atoms with van der Waals surface area (Å²) in [6, 6.07) is 4.90. The van der Waals surface area contributed by atoms with E-state index in [0.717, 1.165) is 37.9 Å². The minimum absolute atomic E-state index is 0.249. The third-order valence-electron chi connectivity index (χ3n) is 4.82. The normalized spacial score (nSPS) is 16.0. The smallest absolute Gasteiger partial charge is 0.269 e. The number of hydrogen-bond acceptors (Lipinski definition) is 5. The number of amides is 2. The van der Waals surface area contributed by atoms with E-state index in [1.54, 1.807) is 18.2 Å². The Balaban J connectivity index is 1.29. The van der Waals surface area contributed by atoms with Crippen molar-refractivity contribution in [3.8, 4) is 0 Å². The molecule has 0 saturated heterocycles. The number of hydrogen-bond donors (Lipinski definition) is 2. The molecule has 0 bridgehead atoms. The highest BCUT2D eigenvalue weighted by Gasteiger charge is 2.21. The molecule has 28 heavy (non-hydrogen) atoms. The van der Waals surface area contributed by atoms with Crippen LogP contribution in [-0.4, -0.2) is 56.3 Å². The second-order valence-electron chi connectivity index (χ2n) is 7.66. The lowest BCUT2D eigenvalue weighted by molar-refractivity contribution is 0.0929. The van der Waals surface area contributed by atoms with Gasteiger partial charge in [0.25, 0.3) is 11.8 Å². The zero-order valence-corrected chi connectivity index (χ0v) is 16.5. The summed E-state index contributed by atoms with van der Waals surface area (Å²) < 4.78 is 11.1. The van der Waals surface area contributed by atoms with Crippen LogP contribution in [0.25, 0.3) is 0 Å². The van der Waals surface area contributed by atoms with Crippen LogP contribution in [-0.2, 0) is 9.47 Å². The summed E-state index contributed by atoms with van der Waals surface area (Å²) in [7, 11) is 0. The third kappa shape index (κ3) is 7.94. The Morgan fingerprint density at radius 3 is 1.75 bits per heavy atom. The van der Waals surface area contributed by atoms with Gasteiger partial charge < -0.3 is 20.1 Å². The van der Waals surface area contributed by atoms with Gasteiger partial charge in [-0.1, -0.05) is 6.07 Å². The van der Waals surface area contributed by atoms with Crippen LogP contribution >= 0.6 is 0 Å². The number of ether oxygens (including phenoxy) is 2. The molecule has 7 nitrogen and oxygen atoms in total. The largest absolute Gasteiger partial charge is 0.381 e. The predicted molar refractivity (Wildman–Crippen MR) is 105 cm³/mol. The van der Waals surface area contributed by atoms with Gasteiger partial charge in [-0.2, -0.15) is 0 Å². The first-order chi connectivity index (χ1) is 13.7. The van der Waals surface area contributed by atoms with Gasteiger partial charge in [-0.15, -0.1) is 0 Å². The Hall–Kier alpha value is -1.99. The molecule has 2 N–H and O–H groups in total. The first-order valence-electron chi connectivity index (χ1n) is 10.4. The summed E-state index contributed by atoms with van der Waals surface area (Å²) in [5.41, 5.74) is 0.499. The van der Waals surface area contributed by atoms with Crippen molar-refractivity contribution in [2.45, 2.75) is 38.5 Å². The maximum Gasteiger partial charge on any atom is 0.269 e. The molecular weight excluding hydrogens is 358 g/mol. The van der Waals surface area contributed by atoms with Crippen molar-refractivity contribution in [3.63, 3.8) is 0 Å². The van der Waals surface area contributed by atoms with Crippen molar-refractivity contribution in [1.82, 2.24) is 15.6 Å². The zero-order valence-electron chi connectivity index (χ0n) is 16.5. The highest BCUT2D eigenvalue weighted by Crippen LogP contribution is 2.29. The SMILES string of the molecule is O=C(NCCCOCC1CC1)c1cccc(C(=O)NCCCOCC2CC2)n1. The van der Waals surface area contributed by atoms with Gasteiger partial charge in [0.05, 0.1) is 0 Å². The maximum atomic E-state index is 12.2. The van der Waals surface area contributed by atoms with Crippen LogP contribution in [0.1, 0.15) is 59.5 Å². The summed E-state index contributed by atoms with van der Waals surface area (Å²) >= 11 is 0. The zero-order chi connectivity index (χ0) is 19.6. The van der Waals surface area contributed by atoms with Gasteiger partial charge in [0, 0.05) is 39.5 Å². The number of carbonyl (C=O) groups is 2. The summed E-state index contributed by atoms with van der Waals surface area (Å²) in [5.74, 6) is 0.960. The molecule has 3 rings (SSSR count). The van der Waals surface area contributed by atoms with Crippen LogP contribution in [0.15, 0.2) is 18.2 Å². The molecule has 0 aliphatic heterocycles. The number of rotatable bonds is 14. The highest BCUT2D eigenvalue weighted by atomic mass is 16.5. The number of pyridine rings is 1. The molecule has 154 valence electrons. The molecule has 2 aliphatic rings. The topological polar surface area (TPSA) is 89.5 Å². The van der Waals surface area contributed by atoms with Gasteiger partial charge in [-0.3, -0.25) is 9.59 Å². The maximum absolute atomic E-state index is 12.2. The monoisotopic (exact) mass is 389 g/mol. The second kappa shape index (κ2) is 11.1. The van der Waals surface area contributed by atoms with E-state index < -0.39 is 0 Å².